The Labute approximate surface area is 126 Å². The van der Waals surface area contributed by atoms with Gasteiger partial charge in [0.25, 0.3) is 0 Å². The molecule has 2 aromatic heterocycles. The molecule has 0 aliphatic heterocycles. The zero-order chi connectivity index (χ0) is 16.3. The highest BCUT2D eigenvalue weighted by Gasteiger charge is 2.22. The molecule has 0 aliphatic carbocycles. The monoisotopic (exact) mass is 305 g/mol. The highest BCUT2D eigenvalue weighted by atomic mass is 16.6. The van der Waals surface area contributed by atoms with Gasteiger partial charge in [-0.15, -0.1) is 0 Å². The van der Waals surface area contributed by atoms with Crippen LogP contribution in [0.1, 0.15) is 16.2 Å². The first-order valence-corrected chi connectivity index (χ1v) is 6.34. The molecule has 9 heteroatoms. The molecule has 0 N–H and O–H groups in total. The Kier molecular flexibility index (Phi) is 4.35. The van der Waals surface area contributed by atoms with Crippen LogP contribution in [0.5, 0.6) is 0 Å². The first-order chi connectivity index (χ1) is 10.4. The number of imidazole rings is 1. The van der Waals surface area contributed by atoms with Gasteiger partial charge in [0.05, 0.1) is 24.1 Å². The van der Waals surface area contributed by atoms with Crippen molar-refractivity contribution in [3.8, 4) is 0 Å². The van der Waals surface area contributed by atoms with Crippen LogP contribution in [-0.2, 0) is 18.3 Å². The van der Waals surface area contributed by atoms with E-state index < -0.39 is 10.9 Å². The summed E-state index contributed by atoms with van der Waals surface area (Å²) in [6, 6.07) is 1.16. The number of anilines is 1. The fraction of sp³-hybridized carbons (Fsp3) is 0.308. The van der Waals surface area contributed by atoms with Gasteiger partial charge in [-0.3, -0.25) is 10.1 Å². The molecular weight excluding hydrogens is 290 g/mol. The number of pyridine rings is 1. The predicted octanol–water partition coefficient (Wildman–Crippen LogP) is 1.15. The number of methoxy groups -OCH3 is 1. The molecule has 0 spiro atoms. The van der Waals surface area contributed by atoms with Crippen molar-refractivity contribution in [1.82, 2.24) is 14.5 Å². The number of carbonyl (C=O) groups excluding carboxylic acids is 1. The van der Waals surface area contributed by atoms with E-state index in [2.05, 4.69) is 14.7 Å². The number of nitrogens with zero attached hydrogens (tertiary/aromatic N) is 5. The molecule has 0 bridgehead atoms. The van der Waals surface area contributed by atoms with Crippen LogP contribution >= 0.6 is 0 Å². The lowest BCUT2D eigenvalue weighted by atomic mass is 10.2. The summed E-state index contributed by atoms with van der Waals surface area (Å²) in [5.74, 6) is 0.213. The number of nitro groups is 1. The molecule has 0 radical (unpaired) electrons. The molecule has 2 heterocycles. The maximum absolute atomic E-state index is 11.5. The first kappa shape index (κ1) is 15.4. The molecule has 0 fully saturated rings. The van der Waals surface area contributed by atoms with E-state index >= 15 is 0 Å². The minimum absolute atomic E-state index is 0.0309. The van der Waals surface area contributed by atoms with Gasteiger partial charge in [0, 0.05) is 38.8 Å². The van der Waals surface area contributed by atoms with E-state index in [1.807, 2.05) is 11.6 Å². The van der Waals surface area contributed by atoms with Crippen molar-refractivity contribution in [1.29, 1.82) is 0 Å². The van der Waals surface area contributed by atoms with Gasteiger partial charge in [0.2, 0.25) is 5.82 Å². The number of carbonyl (C=O) groups is 1. The van der Waals surface area contributed by atoms with Crippen molar-refractivity contribution < 1.29 is 14.5 Å². The highest BCUT2D eigenvalue weighted by molar-refractivity contribution is 5.90. The zero-order valence-electron chi connectivity index (χ0n) is 12.4. The summed E-state index contributed by atoms with van der Waals surface area (Å²) < 4.78 is 6.35. The van der Waals surface area contributed by atoms with E-state index in [-0.39, 0.29) is 17.1 Å². The number of hydrogen-bond acceptors (Lipinski definition) is 7. The van der Waals surface area contributed by atoms with Crippen molar-refractivity contribution in [3.05, 3.63) is 46.2 Å². The van der Waals surface area contributed by atoms with Gasteiger partial charge in [-0.25, -0.2) is 14.8 Å². The van der Waals surface area contributed by atoms with E-state index in [0.717, 1.165) is 11.9 Å². The quantitative estimate of drug-likeness (QED) is 0.463. The summed E-state index contributed by atoms with van der Waals surface area (Å²) in [7, 11) is 4.70. The van der Waals surface area contributed by atoms with Crippen molar-refractivity contribution in [3.63, 3.8) is 0 Å². The van der Waals surface area contributed by atoms with Gasteiger partial charge in [0.15, 0.2) is 0 Å². The number of aromatic nitrogens is 3. The van der Waals surface area contributed by atoms with Crippen molar-refractivity contribution in [2.75, 3.05) is 19.1 Å². The first-order valence-electron chi connectivity index (χ1n) is 6.34. The van der Waals surface area contributed by atoms with E-state index in [1.165, 1.54) is 13.3 Å². The van der Waals surface area contributed by atoms with Gasteiger partial charge in [-0.05, 0) is 0 Å². The minimum atomic E-state index is -0.672. The molecule has 0 aromatic carbocycles. The lowest BCUT2D eigenvalue weighted by molar-refractivity contribution is -0.384. The largest absolute Gasteiger partial charge is 0.465 e. The van der Waals surface area contributed by atoms with Crippen LogP contribution in [0.3, 0.4) is 0 Å². The molecule has 0 amide bonds. The Bertz CT molecular complexity index is 712. The molecule has 9 nitrogen and oxygen atoms in total. The normalized spacial score (nSPS) is 10.3. The number of hydrogen-bond donors (Lipinski definition) is 0. The average molecular weight is 305 g/mol. The smallest absolute Gasteiger partial charge is 0.339 e. The summed E-state index contributed by atoms with van der Waals surface area (Å²) >= 11 is 0. The molecule has 0 aliphatic rings. The molecule has 0 saturated carbocycles. The van der Waals surface area contributed by atoms with Crippen molar-refractivity contribution in [2.24, 2.45) is 7.05 Å². The third-order valence-corrected chi connectivity index (χ3v) is 3.13. The summed E-state index contributed by atoms with van der Waals surface area (Å²) in [6.45, 7) is 0.342. The Morgan fingerprint density at radius 3 is 2.77 bits per heavy atom. The SMILES string of the molecule is COC(=O)c1cnc(N(C)Cc2nccn2C)c([N+](=O)[O-])c1. The summed E-state index contributed by atoms with van der Waals surface area (Å²) in [6.07, 6.45) is 4.68. The third-order valence-electron chi connectivity index (χ3n) is 3.13. The Hall–Kier alpha value is -2.97. The zero-order valence-corrected chi connectivity index (χ0v) is 12.4. The Morgan fingerprint density at radius 1 is 1.50 bits per heavy atom. The van der Waals surface area contributed by atoms with Crippen LogP contribution in [0, 0.1) is 10.1 Å². The van der Waals surface area contributed by atoms with Gasteiger partial charge in [0.1, 0.15) is 5.82 Å². The van der Waals surface area contributed by atoms with Gasteiger partial charge in [-0.1, -0.05) is 0 Å². The molecule has 0 unspecified atom stereocenters. The second-order valence-corrected chi connectivity index (χ2v) is 4.63. The van der Waals surface area contributed by atoms with Crippen LogP contribution in [-0.4, -0.2) is 39.6 Å². The third kappa shape index (κ3) is 3.03. The molecule has 0 atom stereocenters. The average Bonchev–Trinajstić information content (AvgIpc) is 2.90. The standard InChI is InChI=1S/C13H15N5O4/c1-16-5-4-14-11(16)8-17(2)12-10(18(20)21)6-9(7-15-12)13(19)22-3/h4-7H,8H2,1-3H3. The van der Waals surface area contributed by atoms with Crippen LogP contribution in [0.15, 0.2) is 24.7 Å². The molecule has 2 aromatic rings. The Balaban J connectivity index is 2.35. The highest BCUT2D eigenvalue weighted by Crippen LogP contribution is 2.26. The van der Waals surface area contributed by atoms with Gasteiger partial charge in [-0.2, -0.15) is 0 Å². The molecular formula is C13H15N5O4. The minimum Gasteiger partial charge on any atom is -0.465 e. The maximum Gasteiger partial charge on any atom is 0.339 e. The van der Waals surface area contributed by atoms with Crippen LogP contribution in [0.25, 0.3) is 0 Å². The molecule has 116 valence electrons. The number of ether oxygens (including phenoxy) is 1. The second kappa shape index (κ2) is 6.20. The van der Waals surface area contributed by atoms with Crippen molar-refractivity contribution in [2.45, 2.75) is 6.54 Å². The number of aryl methyl sites for hydroxylation is 1. The number of esters is 1. The lowest BCUT2D eigenvalue weighted by Crippen LogP contribution is -2.21. The topological polar surface area (TPSA) is 103 Å². The second-order valence-electron chi connectivity index (χ2n) is 4.63. The summed E-state index contributed by atoms with van der Waals surface area (Å²) in [5, 5.41) is 11.2. The van der Waals surface area contributed by atoms with Crippen LogP contribution in [0.4, 0.5) is 11.5 Å². The Morgan fingerprint density at radius 2 is 2.23 bits per heavy atom. The van der Waals surface area contributed by atoms with E-state index in [9.17, 15) is 14.9 Å². The van der Waals surface area contributed by atoms with E-state index in [0.29, 0.717) is 6.54 Å². The van der Waals surface area contributed by atoms with Crippen LogP contribution in [0.2, 0.25) is 0 Å². The predicted molar refractivity (Wildman–Crippen MR) is 77.5 cm³/mol. The summed E-state index contributed by atoms with van der Waals surface area (Å²) in [4.78, 5) is 31.9. The fourth-order valence-corrected chi connectivity index (χ4v) is 1.94. The van der Waals surface area contributed by atoms with Crippen LogP contribution < -0.4 is 4.90 Å². The van der Waals surface area contributed by atoms with E-state index in [4.69, 9.17) is 0 Å². The van der Waals surface area contributed by atoms with Gasteiger partial charge < -0.3 is 14.2 Å². The molecule has 22 heavy (non-hydrogen) atoms. The van der Waals surface area contributed by atoms with Gasteiger partial charge >= 0.3 is 11.7 Å². The molecule has 0 saturated heterocycles. The number of rotatable bonds is 5. The summed E-state index contributed by atoms with van der Waals surface area (Å²) in [5.41, 5.74) is -0.233. The van der Waals surface area contributed by atoms with E-state index in [1.54, 1.807) is 24.3 Å². The van der Waals surface area contributed by atoms with Crippen molar-refractivity contribution >= 4 is 17.5 Å². The maximum atomic E-state index is 11.5. The fourth-order valence-electron chi connectivity index (χ4n) is 1.94. The lowest BCUT2D eigenvalue weighted by Gasteiger charge is -2.17. The molecule has 2 rings (SSSR count).